The lowest BCUT2D eigenvalue weighted by Gasteiger charge is -2.07. The van der Waals surface area contributed by atoms with Crippen molar-refractivity contribution >= 4 is 0 Å². The summed E-state index contributed by atoms with van der Waals surface area (Å²) in [5.74, 6) is 0.809. The minimum absolute atomic E-state index is 0.639. The molecule has 1 N–H and O–H groups in total. The van der Waals surface area contributed by atoms with Gasteiger partial charge in [-0.25, -0.2) is 0 Å². The van der Waals surface area contributed by atoms with Crippen molar-refractivity contribution in [3.63, 3.8) is 0 Å². The SMILES string of the molecule is CCNCc1ccc(OCCc2cccnc2)cn1. The minimum atomic E-state index is 0.639. The Morgan fingerprint density at radius 1 is 1.21 bits per heavy atom. The maximum Gasteiger partial charge on any atom is 0.137 e. The number of rotatable bonds is 7. The van der Waals surface area contributed by atoms with Crippen LogP contribution in [0.4, 0.5) is 0 Å². The third-order valence-corrected chi connectivity index (χ3v) is 2.74. The van der Waals surface area contributed by atoms with Crippen molar-refractivity contribution in [2.24, 2.45) is 0 Å². The summed E-state index contributed by atoms with van der Waals surface area (Å²) < 4.78 is 5.66. The van der Waals surface area contributed by atoms with E-state index < -0.39 is 0 Å². The molecule has 0 aromatic carbocycles. The molecule has 0 radical (unpaired) electrons. The van der Waals surface area contributed by atoms with Gasteiger partial charge in [0, 0.05) is 25.4 Å². The normalized spacial score (nSPS) is 10.4. The largest absolute Gasteiger partial charge is 0.492 e. The van der Waals surface area contributed by atoms with Gasteiger partial charge in [0.25, 0.3) is 0 Å². The van der Waals surface area contributed by atoms with Crippen LogP contribution in [0, 0.1) is 0 Å². The van der Waals surface area contributed by atoms with E-state index in [4.69, 9.17) is 4.74 Å². The van der Waals surface area contributed by atoms with E-state index in [-0.39, 0.29) is 0 Å². The van der Waals surface area contributed by atoms with Crippen LogP contribution in [0.3, 0.4) is 0 Å². The molecule has 2 rings (SSSR count). The first-order valence-electron chi connectivity index (χ1n) is 6.56. The Kier molecular flexibility index (Phi) is 5.31. The highest BCUT2D eigenvalue weighted by molar-refractivity contribution is 5.20. The molecule has 0 atom stereocenters. The smallest absolute Gasteiger partial charge is 0.137 e. The Balaban J connectivity index is 1.77. The number of ether oxygens (including phenoxy) is 1. The van der Waals surface area contributed by atoms with Crippen molar-refractivity contribution in [1.82, 2.24) is 15.3 Å². The molecule has 2 aromatic heterocycles. The summed E-state index contributed by atoms with van der Waals surface area (Å²) >= 11 is 0. The average Bonchev–Trinajstić information content (AvgIpc) is 2.47. The molecule has 19 heavy (non-hydrogen) atoms. The lowest BCUT2D eigenvalue weighted by molar-refractivity contribution is 0.320. The van der Waals surface area contributed by atoms with E-state index in [1.54, 1.807) is 12.4 Å². The molecule has 0 bridgehead atoms. The Morgan fingerprint density at radius 3 is 2.84 bits per heavy atom. The molecular formula is C15H19N3O. The number of hydrogen-bond donors (Lipinski definition) is 1. The number of hydrogen-bond acceptors (Lipinski definition) is 4. The molecule has 0 saturated carbocycles. The maximum absolute atomic E-state index is 5.66. The molecule has 0 spiro atoms. The number of pyridine rings is 2. The molecule has 0 saturated heterocycles. The highest BCUT2D eigenvalue weighted by Crippen LogP contribution is 2.09. The van der Waals surface area contributed by atoms with Gasteiger partial charge >= 0.3 is 0 Å². The summed E-state index contributed by atoms with van der Waals surface area (Å²) in [5, 5.41) is 3.24. The molecule has 0 amide bonds. The third-order valence-electron chi connectivity index (χ3n) is 2.74. The molecule has 0 aliphatic carbocycles. The van der Waals surface area contributed by atoms with Crippen LogP contribution in [0.15, 0.2) is 42.9 Å². The lowest BCUT2D eigenvalue weighted by atomic mass is 10.2. The second-order valence-corrected chi connectivity index (χ2v) is 4.23. The van der Waals surface area contributed by atoms with Crippen LogP contribution in [-0.4, -0.2) is 23.1 Å². The van der Waals surface area contributed by atoms with Gasteiger partial charge in [0.05, 0.1) is 18.5 Å². The summed E-state index contributed by atoms with van der Waals surface area (Å²) in [4.78, 5) is 8.42. The Morgan fingerprint density at radius 2 is 2.16 bits per heavy atom. The predicted molar refractivity (Wildman–Crippen MR) is 75.1 cm³/mol. The predicted octanol–water partition coefficient (Wildman–Crippen LogP) is 2.21. The summed E-state index contributed by atoms with van der Waals surface area (Å²) in [6, 6.07) is 7.94. The van der Waals surface area contributed by atoms with E-state index in [1.165, 1.54) is 5.56 Å². The van der Waals surface area contributed by atoms with Crippen LogP contribution in [0.5, 0.6) is 5.75 Å². The average molecular weight is 257 g/mol. The van der Waals surface area contributed by atoms with Crippen LogP contribution in [-0.2, 0) is 13.0 Å². The van der Waals surface area contributed by atoms with Crippen molar-refractivity contribution in [3.8, 4) is 5.75 Å². The van der Waals surface area contributed by atoms with E-state index in [0.29, 0.717) is 6.61 Å². The first kappa shape index (κ1) is 13.5. The summed E-state index contributed by atoms with van der Waals surface area (Å²) in [5.41, 5.74) is 2.21. The summed E-state index contributed by atoms with van der Waals surface area (Å²) in [6.45, 7) is 4.47. The molecule has 2 aromatic rings. The fourth-order valence-corrected chi connectivity index (χ4v) is 1.69. The van der Waals surface area contributed by atoms with E-state index in [2.05, 4.69) is 22.2 Å². The van der Waals surface area contributed by atoms with Crippen molar-refractivity contribution in [3.05, 3.63) is 54.1 Å². The van der Waals surface area contributed by atoms with Gasteiger partial charge in [-0.1, -0.05) is 13.0 Å². The summed E-state index contributed by atoms with van der Waals surface area (Å²) in [7, 11) is 0. The maximum atomic E-state index is 5.66. The highest BCUT2D eigenvalue weighted by Gasteiger charge is 1.98. The molecule has 0 aliphatic heterocycles. The topological polar surface area (TPSA) is 47.0 Å². The van der Waals surface area contributed by atoms with Crippen LogP contribution in [0.2, 0.25) is 0 Å². The van der Waals surface area contributed by atoms with Gasteiger partial charge in [0.15, 0.2) is 0 Å². The third kappa shape index (κ3) is 4.67. The second-order valence-electron chi connectivity index (χ2n) is 4.23. The van der Waals surface area contributed by atoms with E-state index in [0.717, 1.165) is 31.0 Å². The number of nitrogens with zero attached hydrogens (tertiary/aromatic N) is 2. The van der Waals surface area contributed by atoms with Gasteiger partial charge in [-0.15, -0.1) is 0 Å². The Hall–Kier alpha value is -1.94. The summed E-state index contributed by atoms with van der Waals surface area (Å²) in [6.07, 6.45) is 6.27. The lowest BCUT2D eigenvalue weighted by Crippen LogP contribution is -2.12. The van der Waals surface area contributed by atoms with Crippen LogP contribution in [0.1, 0.15) is 18.2 Å². The molecule has 4 heteroatoms. The van der Waals surface area contributed by atoms with Crippen molar-refractivity contribution in [2.45, 2.75) is 19.9 Å². The van der Waals surface area contributed by atoms with Gasteiger partial charge in [-0.3, -0.25) is 9.97 Å². The number of nitrogens with one attached hydrogen (secondary N) is 1. The Labute approximate surface area is 113 Å². The number of aromatic nitrogens is 2. The molecular weight excluding hydrogens is 238 g/mol. The van der Waals surface area contributed by atoms with E-state index >= 15 is 0 Å². The second kappa shape index (κ2) is 7.48. The minimum Gasteiger partial charge on any atom is -0.492 e. The fourth-order valence-electron chi connectivity index (χ4n) is 1.69. The standard InChI is InChI=1S/C15H19N3O/c1-2-16-11-14-5-6-15(12-18-14)19-9-7-13-4-3-8-17-10-13/h3-6,8,10,12,16H,2,7,9,11H2,1H3. The molecule has 2 heterocycles. The van der Waals surface area contributed by atoms with Gasteiger partial charge in [0.2, 0.25) is 0 Å². The Bertz CT molecular complexity index is 471. The van der Waals surface area contributed by atoms with Gasteiger partial charge in [-0.05, 0) is 30.3 Å². The molecule has 0 unspecified atom stereocenters. The van der Waals surface area contributed by atoms with Crippen molar-refractivity contribution in [2.75, 3.05) is 13.2 Å². The van der Waals surface area contributed by atoms with Gasteiger partial charge in [-0.2, -0.15) is 0 Å². The van der Waals surface area contributed by atoms with Crippen molar-refractivity contribution < 1.29 is 4.74 Å². The monoisotopic (exact) mass is 257 g/mol. The van der Waals surface area contributed by atoms with Crippen LogP contribution < -0.4 is 10.1 Å². The molecule has 0 aliphatic rings. The van der Waals surface area contributed by atoms with Crippen LogP contribution in [0.25, 0.3) is 0 Å². The van der Waals surface area contributed by atoms with Gasteiger partial charge < -0.3 is 10.1 Å². The van der Waals surface area contributed by atoms with Crippen molar-refractivity contribution in [1.29, 1.82) is 0 Å². The first-order valence-corrected chi connectivity index (χ1v) is 6.56. The van der Waals surface area contributed by atoms with E-state index in [1.807, 2.05) is 30.5 Å². The molecule has 100 valence electrons. The fraction of sp³-hybridized carbons (Fsp3) is 0.333. The zero-order valence-electron chi connectivity index (χ0n) is 11.2. The highest BCUT2D eigenvalue weighted by atomic mass is 16.5. The molecule has 4 nitrogen and oxygen atoms in total. The first-order chi connectivity index (χ1) is 9.38. The quantitative estimate of drug-likeness (QED) is 0.826. The zero-order chi connectivity index (χ0) is 13.3. The van der Waals surface area contributed by atoms with Gasteiger partial charge in [0.1, 0.15) is 5.75 Å². The van der Waals surface area contributed by atoms with E-state index in [9.17, 15) is 0 Å². The van der Waals surface area contributed by atoms with Crippen LogP contribution >= 0.6 is 0 Å². The zero-order valence-corrected chi connectivity index (χ0v) is 11.2. The molecule has 0 fully saturated rings.